The summed E-state index contributed by atoms with van der Waals surface area (Å²) >= 11 is 7.53. The number of thiocarbonyl (C=S) groups is 1. The van der Waals surface area contributed by atoms with Crippen molar-refractivity contribution in [2.24, 2.45) is 0 Å². The number of benzene rings is 1. The number of aromatic nitrogens is 1. The molecule has 1 fully saturated rings. The van der Waals surface area contributed by atoms with Gasteiger partial charge in [-0.1, -0.05) is 6.07 Å². The van der Waals surface area contributed by atoms with Gasteiger partial charge in [-0.05, 0) is 55.5 Å². The summed E-state index contributed by atoms with van der Waals surface area (Å²) in [6, 6.07) is 16.0. The number of methoxy groups -OCH3 is 2. The number of pyridine rings is 1. The van der Waals surface area contributed by atoms with Crippen LogP contribution in [0.1, 0.15) is 27.5 Å². The molecule has 144 valence electrons. The van der Waals surface area contributed by atoms with Gasteiger partial charge >= 0.3 is 0 Å². The molecule has 3 aromatic rings. The maximum atomic E-state index is 5.76. The molecule has 4 rings (SSSR count). The average molecular weight is 412 g/mol. The minimum atomic E-state index is -0.0569. The van der Waals surface area contributed by atoms with Crippen LogP contribution in [-0.4, -0.2) is 24.3 Å². The zero-order valence-corrected chi connectivity index (χ0v) is 17.5. The van der Waals surface area contributed by atoms with E-state index in [2.05, 4.69) is 34.3 Å². The van der Waals surface area contributed by atoms with Crippen LogP contribution < -0.4 is 19.7 Å². The first kappa shape index (κ1) is 18.7. The molecule has 3 heterocycles. The lowest BCUT2D eigenvalue weighted by Crippen LogP contribution is -2.29. The summed E-state index contributed by atoms with van der Waals surface area (Å²) < 4.78 is 11.0. The van der Waals surface area contributed by atoms with Crippen LogP contribution in [0, 0.1) is 6.92 Å². The molecule has 2 unspecified atom stereocenters. The van der Waals surface area contributed by atoms with E-state index in [0.29, 0.717) is 10.9 Å². The van der Waals surface area contributed by atoms with Gasteiger partial charge in [0, 0.05) is 22.0 Å². The zero-order chi connectivity index (χ0) is 19.7. The molecular weight excluding hydrogens is 390 g/mol. The Balaban J connectivity index is 1.84. The number of rotatable bonds is 5. The topological polar surface area (TPSA) is 46.6 Å². The first-order valence-electron chi connectivity index (χ1n) is 8.91. The minimum absolute atomic E-state index is 0.0246. The average Bonchev–Trinajstić information content (AvgIpc) is 3.30. The molecule has 28 heavy (non-hydrogen) atoms. The van der Waals surface area contributed by atoms with Crippen molar-refractivity contribution < 1.29 is 9.47 Å². The molecule has 0 radical (unpaired) electrons. The predicted octanol–water partition coefficient (Wildman–Crippen LogP) is 4.65. The molecule has 1 aromatic carbocycles. The third kappa shape index (κ3) is 3.31. The van der Waals surface area contributed by atoms with Crippen molar-refractivity contribution in [1.82, 2.24) is 10.3 Å². The van der Waals surface area contributed by atoms with Crippen molar-refractivity contribution in [2.75, 3.05) is 19.1 Å². The van der Waals surface area contributed by atoms with Crippen LogP contribution in [-0.2, 0) is 0 Å². The number of nitrogens with zero attached hydrogens (tertiary/aromatic N) is 2. The molecule has 0 aliphatic carbocycles. The predicted molar refractivity (Wildman–Crippen MR) is 117 cm³/mol. The second kappa shape index (κ2) is 7.77. The quantitative estimate of drug-likeness (QED) is 0.617. The number of nitrogens with one attached hydrogen (secondary N) is 1. The molecular formula is C21H21N3O2S2. The molecule has 5 nitrogen and oxygen atoms in total. The molecule has 0 spiro atoms. The Morgan fingerprint density at radius 3 is 2.61 bits per heavy atom. The Morgan fingerprint density at radius 1 is 1.11 bits per heavy atom. The largest absolute Gasteiger partial charge is 0.497 e. The lowest BCUT2D eigenvalue weighted by molar-refractivity contribution is 0.394. The highest BCUT2D eigenvalue weighted by Gasteiger charge is 2.42. The summed E-state index contributed by atoms with van der Waals surface area (Å²) in [6.45, 7) is 2.11. The van der Waals surface area contributed by atoms with Crippen molar-refractivity contribution in [3.05, 3.63) is 70.2 Å². The molecule has 0 amide bonds. The van der Waals surface area contributed by atoms with Gasteiger partial charge in [0.15, 0.2) is 5.11 Å². The molecule has 1 aliphatic heterocycles. The van der Waals surface area contributed by atoms with Gasteiger partial charge in [-0.3, -0.25) is 4.98 Å². The van der Waals surface area contributed by atoms with Gasteiger partial charge in [-0.25, -0.2) is 0 Å². The van der Waals surface area contributed by atoms with Crippen molar-refractivity contribution in [3.63, 3.8) is 0 Å². The number of hydrogen-bond donors (Lipinski definition) is 1. The summed E-state index contributed by atoms with van der Waals surface area (Å²) in [7, 11) is 3.30. The van der Waals surface area contributed by atoms with Crippen LogP contribution in [0.15, 0.2) is 54.7 Å². The Hall–Kier alpha value is -2.64. The van der Waals surface area contributed by atoms with Gasteiger partial charge < -0.3 is 19.7 Å². The van der Waals surface area contributed by atoms with Crippen LogP contribution in [0.2, 0.25) is 0 Å². The summed E-state index contributed by atoms with van der Waals surface area (Å²) in [5.41, 5.74) is 1.85. The number of hydrogen-bond acceptors (Lipinski definition) is 5. The van der Waals surface area contributed by atoms with Gasteiger partial charge in [0.2, 0.25) is 0 Å². The summed E-state index contributed by atoms with van der Waals surface area (Å²) in [4.78, 5) is 9.18. The van der Waals surface area contributed by atoms with Crippen molar-refractivity contribution >= 4 is 34.4 Å². The van der Waals surface area contributed by atoms with Gasteiger partial charge in [0.25, 0.3) is 0 Å². The SMILES string of the molecule is COc1ccc(N2C(=S)NC(c3ccccn3)C2c2ccc(C)s2)c(OC)c1. The van der Waals surface area contributed by atoms with E-state index < -0.39 is 0 Å². The van der Waals surface area contributed by atoms with Crippen molar-refractivity contribution in [1.29, 1.82) is 0 Å². The maximum absolute atomic E-state index is 5.76. The second-order valence-electron chi connectivity index (χ2n) is 6.48. The Kier molecular flexibility index (Phi) is 5.19. The Bertz CT molecular complexity index is 990. The van der Waals surface area contributed by atoms with Crippen LogP contribution in [0.3, 0.4) is 0 Å². The van der Waals surface area contributed by atoms with E-state index in [-0.39, 0.29) is 12.1 Å². The van der Waals surface area contributed by atoms with Crippen LogP contribution >= 0.6 is 23.6 Å². The van der Waals surface area contributed by atoms with E-state index >= 15 is 0 Å². The number of aryl methyl sites for hydroxylation is 1. The van der Waals surface area contributed by atoms with E-state index in [4.69, 9.17) is 21.7 Å². The fourth-order valence-electron chi connectivity index (χ4n) is 3.50. The molecule has 0 bridgehead atoms. The maximum Gasteiger partial charge on any atom is 0.174 e. The van der Waals surface area contributed by atoms with E-state index in [1.54, 1.807) is 25.6 Å². The van der Waals surface area contributed by atoms with Crippen LogP contribution in [0.25, 0.3) is 0 Å². The standard InChI is InChI=1S/C21H21N3O2S2/c1-13-7-10-18(28-13)20-19(15-6-4-5-11-22-15)23-21(27)24(20)16-9-8-14(25-2)12-17(16)26-3/h4-12,19-20H,1-3H3,(H,23,27). The number of thiophene rings is 1. The smallest absolute Gasteiger partial charge is 0.174 e. The third-order valence-corrected chi connectivity index (χ3v) is 6.18. The second-order valence-corrected chi connectivity index (χ2v) is 8.19. The molecule has 0 saturated carbocycles. The molecule has 1 aliphatic rings. The van der Waals surface area contributed by atoms with Gasteiger partial charge in [0.1, 0.15) is 11.5 Å². The highest BCUT2D eigenvalue weighted by molar-refractivity contribution is 7.80. The molecule has 2 atom stereocenters. The van der Waals surface area contributed by atoms with Crippen LogP contribution in [0.4, 0.5) is 5.69 Å². The number of anilines is 1. The summed E-state index contributed by atoms with van der Waals surface area (Å²) in [6.07, 6.45) is 1.81. The highest BCUT2D eigenvalue weighted by Crippen LogP contribution is 2.46. The monoisotopic (exact) mass is 411 g/mol. The van der Waals surface area contributed by atoms with Crippen molar-refractivity contribution in [2.45, 2.75) is 19.0 Å². The molecule has 7 heteroatoms. The summed E-state index contributed by atoms with van der Waals surface area (Å²) in [5.74, 6) is 1.45. The van der Waals surface area contributed by atoms with E-state index in [1.807, 2.05) is 42.6 Å². The molecule has 1 N–H and O–H groups in total. The van der Waals surface area contributed by atoms with Gasteiger partial charge in [0.05, 0.1) is 37.7 Å². The Labute approximate surface area is 173 Å². The van der Waals surface area contributed by atoms with Crippen LogP contribution in [0.5, 0.6) is 11.5 Å². The van der Waals surface area contributed by atoms with Crippen molar-refractivity contribution in [3.8, 4) is 11.5 Å². The fourth-order valence-corrected chi connectivity index (χ4v) is 4.84. The molecule has 2 aromatic heterocycles. The minimum Gasteiger partial charge on any atom is -0.497 e. The lowest BCUT2D eigenvalue weighted by atomic mass is 10.0. The van der Waals surface area contributed by atoms with E-state index in [1.165, 1.54) is 9.75 Å². The van der Waals surface area contributed by atoms with E-state index in [9.17, 15) is 0 Å². The highest BCUT2D eigenvalue weighted by atomic mass is 32.1. The Morgan fingerprint density at radius 2 is 1.96 bits per heavy atom. The van der Waals surface area contributed by atoms with E-state index in [0.717, 1.165) is 17.1 Å². The lowest BCUT2D eigenvalue weighted by Gasteiger charge is -2.28. The van der Waals surface area contributed by atoms with Gasteiger partial charge in [-0.15, -0.1) is 11.3 Å². The summed E-state index contributed by atoms with van der Waals surface area (Å²) in [5, 5.41) is 4.12. The normalized spacial score (nSPS) is 18.8. The van der Waals surface area contributed by atoms with Gasteiger partial charge in [-0.2, -0.15) is 0 Å². The zero-order valence-electron chi connectivity index (χ0n) is 15.9. The fraction of sp³-hybridized carbons (Fsp3) is 0.238. The third-order valence-electron chi connectivity index (χ3n) is 4.80. The first-order valence-corrected chi connectivity index (χ1v) is 10.1. The molecule has 1 saturated heterocycles. The number of ether oxygens (including phenoxy) is 2. The first-order chi connectivity index (χ1) is 13.6.